The summed E-state index contributed by atoms with van der Waals surface area (Å²) in [5, 5.41) is 4.13. The number of hydrogen-bond acceptors (Lipinski definition) is 3. The maximum absolute atomic E-state index is 5.95. The van der Waals surface area contributed by atoms with E-state index in [1.165, 1.54) is 11.1 Å². The van der Waals surface area contributed by atoms with E-state index in [1.807, 2.05) is 18.2 Å². The molecule has 2 N–H and O–H groups in total. The largest absolute Gasteiger partial charge is 0.367 e. The lowest BCUT2D eigenvalue weighted by Gasteiger charge is -2.04. The molecule has 0 aliphatic heterocycles. The third-order valence-corrected chi connectivity index (χ3v) is 3.62. The summed E-state index contributed by atoms with van der Waals surface area (Å²) < 4.78 is 5.20. The lowest BCUT2D eigenvalue weighted by Crippen LogP contribution is -1.95. The van der Waals surface area contributed by atoms with Crippen LogP contribution in [0.5, 0.6) is 0 Å². The molecule has 0 atom stereocenters. The summed E-state index contributed by atoms with van der Waals surface area (Å²) in [6.07, 6.45) is 1.74. The first-order valence-corrected chi connectivity index (χ1v) is 7.09. The molecule has 2 aromatic carbocycles. The summed E-state index contributed by atoms with van der Waals surface area (Å²) in [5.41, 5.74) is 11.4. The second-order valence-corrected chi connectivity index (χ2v) is 5.22. The maximum atomic E-state index is 5.95. The molecule has 106 valence electrons. The van der Waals surface area contributed by atoms with Crippen LogP contribution in [0.3, 0.4) is 0 Å². The van der Waals surface area contributed by atoms with Gasteiger partial charge in [-0.05, 0) is 30.9 Å². The Kier molecular flexibility index (Phi) is 3.73. The highest BCUT2D eigenvalue weighted by Gasteiger charge is 2.15. The van der Waals surface area contributed by atoms with Gasteiger partial charge in [0.1, 0.15) is 0 Å². The van der Waals surface area contributed by atoms with Crippen molar-refractivity contribution in [2.45, 2.75) is 19.8 Å². The molecule has 3 nitrogen and oxygen atoms in total. The smallest absolute Gasteiger partial charge is 0.230 e. The minimum Gasteiger partial charge on any atom is -0.367 e. The van der Waals surface area contributed by atoms with E-state index in [2.05, 4.69) is 48.5 Å². The van der Waals surface area contributed by atoms with E-state index >= 15 is 0 Å². The molecular weight excluding hydrogens is 260 g/mol. The molecule has 0 saturated carbocycles. The molecule has 0 amide bonds. The normalized spacial score (nSPS) is 10.7. The third kappa shape index (κ3) is 2.97. The first-order chi connectivity index (χ1) is 10.2. The van der Waals surface area contributed by atoms with E-state index in [4.69, 9.17) is 10.3 Å². The van der Waals surface area contributed by atoms with E-state index in [0.29, 0.717) is 5.88 Å². The Hall–Kier alpha value is -2.55. The topological polar surface area (TPSA) is 52.0 Å². The van der Waals surface area contributed by atoms with Crippen molar-refractivity contribution in [3.05, 3.63) is 71.4 Å². The molecule has 1 heterocycles. The van der Waals surface area contributed by atoms with Gasteiger partial charge < -0.3 is 10.3 Å². The Labute approximate surface area is 124 Å². The predicted octanol–water partition coefficient (Wildman–Crippen LogP) is 4.02. The van der Waals surface area contributed by atoms with Crippen molar-refractivity contribution in [2.24, 2.45) is 0 Å². The minimum atomic E-state index is 0.391. The van der Waals surface area contributed by atoms with Gasteiger partial charge in [-0.25, -0.2) is 0 Å². The zero-order valence-electron chi connectivity index (χ0n) is 12.0. The highest BCUT2D eigenvalue weighted by molar-refractivity contribution is 5.75. The number of nitrogen functional groups attached to an aromatic ring is 1. The van der Waals surface area contributed by atoms with E-state index < -0.39 is 0 Å². The first kappa shape index (κ1) is 13.4. The number of nitrogens with zero attached hydrogens (tertiary/aromatic N) is 1. The highest BCUT2D eigenvalue weighted by Crippen LogP contribution is 2.30. The molecule has 0 unspecified atom stereocenters. The molecule has 0 saturated heterocycles. The summed E-state index contributed by atoms with van der Waals surface area (Å²) in [7, 11) is 0. The van der Waals surface area contributed by atoms with Crippen LogP contribution < -0.4 is 5.73 Å². The van der Waals surface area contributed by atoms with Crippen molar-refractivity contribution >= 4 is 5.88 Å². The second kappa shape index (κ2) is 5.83. The molecule has 0 bridgehead atoms. The molecule has 1 aromatic heterocycles. The van der Waals surface area contributed by atoms with E-state index in [-0.39, 0.29) is 0 Å². The number of rotatable bonds is 4. The van der Waals surface area contributed by atoms with E-state index in [9.17, 15) is 0 Å². The lowest BCUT2D eigenvalue weighted by atomic mass is 10.00. The average Bonchev–Trinajstić information content (AvgIpc) is 2.88. The van der Waals surface area contributed by atoms with E-state index in [0.717, 1.165) is 29.7 Å². The number of hydrogen-bond donors (Lipinski definition) is 1. The molecule has 0 spiro atoms. The Morgan fingerprint density at radius 2 is 1.67 bits per heavy atom. The van der Waals surface area contributed by atoms with Crippen LogP contribution in [-0.4, -0.2) is 5.16 Å². The fraction of sp³-hybridized carbons (Fsp3) is 0.167. The van der Waals surface area contributed by atoms with Gasteiger partial charge in [0.15, 0.2) is 0 Å². The number of benzene rings is 2. The van der Waals surface area contributed by atoms with Crippen LogP contribution in [0, 0.1) is 6.92 Å². The van der Waals surface area contributed by atoms with Crippen LogP contribution in [0.25, 0.3) is 11.1 Å². The molecule has 3 heteroatoms. The predicted molar refractivity (Wildman–Crippen MR) is 84.9 cm³/mol. The number of nitrogens with two attached hydrogens (primary N) is 1. The molecule has 0 radical (unpaired) electrons. The quantitative estimate of drug-likeness (QED) is 0.784. The summed E-state index contributed by atoms with van der Waals surface area (Å²) >= 11 is 0. The second-order valence-electron chi connectivity index (χ2n) is 5.22. The average molecular weight is 278 g/mol. The highest BCUT2D eigenvalue weighted by atomic mass is 16.5. The zero-order chi connectivity index (χ0) is 14.7. The van der Waals surface area contributed by atoms with Gasteiger partial charge in [0.05, 0.1) is 11.3 Å². The number of aryl methyl sites for hydroxylation is 3. The van der Waals surface area contributed by atoms with Crippen molar-refractivity contribution in [2.75, 3.05) is 5.73 Å². The van der Waals surface area contributed by atoms with Crippen LogP contribution in [0.4, 0.5) is 5.88 Å². The van der Waals surface area contributed by atoms with E-state index in [1.54, 1.807) is 0 Å². The monoisotopic (exact) mass is 278 g/mol. The Morgan fingerprint density at radius 3 is 2.38 bits per heavy atom. The van der Waals surface area contributed by atoms with Crippen LogP contribution in [0.1, 0.15) is 16.8 Å². The molecule has 0 aliphatic carbocycles. The Morgan fingerprint density at radius 1 is 0.952 bits per heavy atom. The van der Waals surface area contributed by atoms with Crippen molar-refractivity contribution in [3.63, 3.8) is 0 Å². The van der Waals surface area contributed by atoms with Crippen molar-refractivity contribution in [1.82, 2.24) is 5.16 Å². The van der Waals surface area contributed by atoms with Crippen molar-refractivity contribution in [3.8, 4) is 11.1 Å². The van der Waals surface area contributed by atoms with Crippen LogP contribution >= 0.6 is 0 Å². The standard InChI is InChI=1S/C18H18N2O/c1-13-7-10-15(11-8-13)17-16(20-21-18(17)19)12-9-14-5-3-2-4-6-14/h2-8,10-11H,9,12,19H2,1H3. The molecule has 0 fully saturated rings. The third-order valence-electron chi connectivity index (χ3n) is 3.62. The van der Waals surface area contributed by atoms with Crippen molar-refractivity contribution < 1.29 is 4.52 Å². The molecule has 0 aliphatic rings. The summed E-state index contributed by atoms with van der Waals surface area (Å²) in [4.78, 5) is 0. The molecular formula is C18H18N2O. The molecule has 3 rings (SSSR count). The summed E-state index contributed by atoms with van der Waals surface area (Å²) in [6.45, 7) is 2.07. The van der Waals surface area contributed by atoms with Gasteiger partial charge in [0, 0.05) is 0 Å². The first-order valence-electron chi connectivity index (χ1n) is 7.09. The SMILES string of the molecule is Cc1ccc(-c2c(CCc3ccccc3)noc2N)cc1. The fourth-order valence-corrected chi connectivity index (χ4v) is 2.44. The molecule has 21 heavy (non-hydrogen) atoms. The zero-order valence-corrected chi connectivity index (χ0v) is 12.0. The number of aromatic nitrogens is 1. The Balaban J connectivity index is 1.85. The van der Waals surface area contributed by atoms with Gasteiger partial charge in [0.25, 0.3) is 0 Å². The van der Waals surface area contributed by atoms with Crippen molar-refractivity contribution in [1.29, 1.82) is 0 Å². The summed E-state index contributed by atoms with van der Waals surface area (Å²) in [5.74, 6) is 0.391. The van der Waals surface area contributed by atoms with Crippen LogP contribution in [-0.2, 0) is 12.8 Å². The van der Waals surface area contributed by atoms with Gasteiger partial charge in [-0.15, -0.1) is 0 Å². The minimum absolute atomic E-state index is 0.391. The van der Waals surface area contributed by atoms with Gasteiger partial charge in [-0.1, -0.05) is 65.3 Å². The Bertz CT molecular complexity index is 715. The maximum Gasteiger partial charge on any atom is 0.230 e. The lowest BCUT2D eigenvalue weighted by molar-refractivity contribution is 0.427. The van der Waals surface area contributed by atoms with Gasteiger partial charge in [-0.2, -0.15) is 0 Å². The fourth-order valence-electron chi connectivity index (χ4n) is 2.44. The van der Waals surface area contributed by atoms with Gasteiger partial charge in [0.2, 0.25) is 5.88 Å². The van der Waals surface area contributed by atoms with Gasteiger partial charge in [-0.3, -0.25) is 0 Å². The summed E-state index contributed by atoms with van der Waals surface area (Å²) in [6, 6.07) is 18.6. The van der Waals surface area contributed by atoms with Crippen LogP contribution in [0.15, 0.2) is 59.1 Å². The van der Waals surface area contributed by atoms with Gasteiger partial charge >= 0.3 is 0 Å². The van der Waals surface area contributed by atoms with Crippen LogP contribution in [0.2, 0.25) is 0 Å². The number of anilines is 1. The molecule has 3 aromatic rings.